The van der Waals surface area contributed by atoms with Gasteiger partial charge in [-0.1, -0.05) is 22.8 Å². The van der Waals surface area contributed by atoms with Crippen LogP contribution < -0.4 is 4.74 Å². The molecule has 0 spiro atoms. The van der Waals surface area contributed by atoms with Crippen LogP contribution in [0.5, 0.6) is 5.88 Å². The largest absolute Gasteiger partial charge is 0.469 e. The molecule has 3 aromatic heterocycles. The fourth-order valence-corrected chi connectivity index (χ4v) is 2.28. The van der Waals surface area contributed by atoms with Crippen molar-refractivity contribution in [2.75, 3.05) is 0 Å². The van der Waals surface area contributed by atoms with E-state index in [9.17, 15) is 8.78 Å². The van der Waals surface area contributed by atoms with E-state index in [1.807, 2.05) is 13.0 Å². The van der Waals surface area contributed by atoms with Gasteiger partial charge >= 0.3 is 5.92 Å². The molecule has 130 valence electrons. The molecule has 0 aromatic carbocycles. The molecule has 1 atom stereocenters. The van der Waals surface area contributed by atoms with Gasteiger partial charge < -0.3 is 9.26 Å². The number of hydrogen-bond donors (Lipinski definition) is 0. The third kappa shape index (κ3) is 3.74. The van der Waals surface area contributed by atoms with Crippen molar-refractivity contribution >= 4 is 11.6 Å². The predicted octanol–water partition coefficient (Wildman–Crippen LogP) is 4.43. The predicted molar refractivity (Wildman–Crippen MR) is 85.4 cm³/mol. The fourth-order valence-electron chi connectivity index (χ4n) is 2.04. The van der Waals surface area contributed by atoms with Gasteiger partial charge in [0.05, 0.1) is 0 Å². The van der Waals surface area contributed by atoms with Crippen molar-refractivity contribution in [2.24, 2.45) is 0 Å². The number of hydrogen-bond acceptors (Lipinski definition) is 6. The lowest BCUT2D eigenvalue weighted by molar-refractivity contribution is -0.0158. The van der Waals surface area contributed by atoms with E-state index in [1.165, 1.54) is 12.3 Å². The molecule has 9 heteroatoms. The van der Waals surface area contributed by atoms with Crippen LogP contribution in [0.3, 0.4) is 0 Å². The van der Waals surface area contributed by atoms with Crippen molar-refractivity contribution in [3.05, 3.63) is 53.3 Å². The molecule has 0 N–H and O–H groups in total. The number of alkyl halides is 2. The maximum absolute atomic E-state index is 13.3. The first kappa shape index (κ1) is 17.2. The standard InChI is InChI=1S/C16H13ClF2N4O2/c1-9(10-4-3-6-20-8-10)24-14-12(17)11(5-7-21-14)13-22-15(25-23-13)16(2,18)19/h3-9H,1-2H3. The number of rotatable bonds is 5. The Labute approximate surface area is 146 Å². The molecule has 0 aliphatic heterocycles. The quantitative estimate of drug-likeness (QED) is 0.665. The molecule has 3 rings (SSSR count). The Morgan fingerprint density at radius 3 is 2.72 bits per heavy atom. The van der Waals surface area contributed by atoms with Gasteiger partial charge in [0.1, 0.15) is 11.1 Å². The van der Waals surface area contributed by atoms with Crippen LogP contribution in [0.1, 0.15) is 31.4 Å². The van der Waals surface area contributed by atoms with Gasteiger partial charge in [0, 0.05) is 36.6 Å². The summed E-state index contributed by atoms with van der Waals surface area (Å²) in [5, 5.41) is 3.65. The topological polar surface area (TPSA) is 73.9 Å². The second-order valence-corrected chi connectivity index (χ2v) is 5.71. The number of halogens is 3. The molecule has 0 saturated carbocycles. The minimum atomic E-state index is -3.24. The highest BCUT2D eigenvalue weighted by Gasteiger charge is 2.32. The average Bonchev–Trinajstić information content (AvgIpc) is 3.07. The molecule has 6 nitrogen and oxygen atoms in total. The Balaban J connectivity index is 1.89. The molecule has 0 aliphatic carbocycles. The first-order chi connectivity index (χ1) is 11.9. The molecule has 0 bridgehead atoms. The Kier molecular flexibility index (Phi) is 4.63. The molecular weight excluding hydrogens is 354 g/mol. The zero-order chi connectivity index (χ0) is 18.0. The minimum Gasteiger partial charge on any atom is -0.469 e. The summed E-state index contributed by atoms with van der Waals surface area (Å²) in [6, 6.07) is 5.13. The summed E-state index contributed by atoms with van der Waals surface area (Å²) in [6.45, 7) is 2.48. The van der Waals surface area contributed by atoms with Gasteiger partial charge in [-0.3, -0.25) is 4.98 Å². The van der Waals surface area contributed by atoms with Gasteiger partial charge in [-0.25, -0.2) is 4.98 Å². The maximum atomic E-state index is 13.3. The second kappa shape index (κ2) is 6.72. The Morgan fingerprint density at radius 1 is 1.28 bits per heavy atom. The van der Waals surface area contributed by atoms with Crippen LogP contribution in [-0.4, -0.2) is 20.1 Å². The molecule has 1 unspecified atom stereocenters. The molecule has 25 heavy (non-hydrogen) atoms. The van der Waals surface area contributed by atoms with Gasteiger partial charge in [-0.15, -0.1) is 0 Å². The second-order valence-electron chi connectivity index (χ2n) is 5.34. The van der Waals surface area contributed by atoms with Crippen molar-refractivity contribution in [3.8, 4) is 17.3 Å². The SMILES string of the molecule is CC(Oc1nccc(-c2noc(C(C)(F)F)n2)c1Cl)c1cccnc1. The first-order valence-corrected chi connectivity index (χ1v) is 7.67. The van der Waals surface area contributed by atoms with Gasteiger partial charge in [0.25, 0.3) is 5.89 Å². The molecule has 0 fully saturated rings. The zero-order valence-corrected chi connectivity index (χ0v) is 14.0. The Hall–Kier alpha value is -2.61. The van der Waals surface area contributed by atoms with Crippen LogP contribution >= 0.6 is 11.6 Å². The maximum Gasteiger partial charge on any atom is 0.322 e. The molecule has 0 aliphatic rings. The lowest BCUT2D eigenvalue weighted by atomic mass is 10.2. The molecule has 3 heterocycles. The smallest absolute Gasteiger partial charge is 0.322 e. The van der Waals surface area contributed by atoms with Crippen molar-refractivity contribution in [1.29, 1.82) is 0 Å². The third-order valence-corrected chi connectivity index (χ3v) is 3.71. The van der Waals surface area contributed by atoms with Crippen molar-refractivity contribution in [1.82, 2.24) is 20.1 Å². The highest BCUT2D eigenvalue weighted by Crippen LogP contribution is 2.35. The number of aromatic nitrogens is 4. The van der Waals surface area contributed by atoms with E-state index in [-0.39, 0.29) is 28.4 Å². The van der Waals surface area contributed by atoms with Gasteiger partial charge in [-0.05, 0) is 19.1 Å². The third-order valence-electron chi connectivity index (χ3n) is 3.34. The van der Waals surface area contributed by atoms with Crippen molar-refractivity contribution in [2.45, 2.75) is 25.9 Å². The number of nitrogens with zero attached hydrogens (tertiary/aromatic N) is 4. The van der Waals surface area contributed by atoms with Crippen LogP contribution in [-0.2, 0) is 5.92 Å². The van der Waals surface area contributed by atoms with E-state index < -0.39 is 11.8 Å². The summed E-state index contributed by atoms with van der Waals surface area (Å²) < 4.78 is 36.8. The number of pyridine rings is 2. The highest BCUT2D eigenvalue weighted by molar-refractivity contribution is 6.34. The summed E-state index contributed by atoms with van der Waals surface area (Å²) >= 11 is 6.29. The normalized spacial score (nSPS) is 12.8. The van der Waals surface area contributed by atoms with Crippen LogP contribution in [0, 0.1) is 0 Å². The van der Waals surface area contributed by atoms with E-state index in [1.54, 1.807) is 18.5 Å². The Morgan fingerprint density at radius 2 is 2.08 bits per heavy atom. The molecule has 0 amide bonds. The molecule has 0 radical (unpaired) electrons. The summed E-state index contributed by atoms with van der Waals surface area (Å²) in [6.07, 6.45) is 4.37. The highest BCUT2D eigenvalue weighted by atomic mass is 35.5. The lowest BCUT2D eigenvalue weighted by Crippen LogP contribution is -2.07. The average molecular weight is 367 g/mol. The summed E-state index contributed by atoms with van der Waals surface area (Å²) in [4.78, 5) is 11.8. The number of ether oxygens (including phenoxy) is 1. The van der Waals surface area contributed by atoms with E-state index in [2.05, 4.69) is 24.6 Å². The summed E-state index contributed by atoms with van der Waals surface area (Å²) in [5.41, 5.74) is 1.11. The lowest BCUT2D eigenvalue weighted by Gasteiger charge is -2.15. The molecular formula is C16H13ClF2N4O2. The van der Waals surface area contributed by atoms with E-state index >= 15 is 0 Å². The fraction of sp³-hybridized carbons (Fsp3) is 0.250. The van der Waals surface area contributed by atoms with Crippen LogP contribution in [0.15, 0.2) is 41.3 Å². The van der Waals surface area contributed by atoms with Crippen LogP contribution in [0.4, 0.5) is 8.78 Å². The van der Waals surface area contributed by atoms with Crippen LogP contribution in [0.2, 0.25) is 5.02 Å². The zero-order valence-electron chi connectivity index (χ0n) is 13.3. The van der Waals surface area contributed by atoms with Crippen LogP contribution in [0.25, 0.3) is 11.4 Å². The monoisotopic (exact) mass is 366 g/mol. The van der Waals surface area contributed by atoms with Crippen molar-refractivity contribution < 1.29 is 18.0 Å². The summed E-state index contributed by atoms with van der Waals surface area (Å²) in [5.74, 6) is -3.96. The molecule has 3 aromatic rings. The van der Waals surface area contributed by atoms with Gasteiger partial charge in [-0.2, -0.15) is 13.8 Å². The Bertz CT molecular complexity index is 868. The molecule has 0 saturated heterocycles. The van der Waals surface area contributed by atoms with E-state index in [0.717, 1.165) is 5.56 Å². The van der Waals surface area contributed by atoms with Gasteiger partial charge in [0.15, 0.2) is 0 Å². The van der Waals surface area contributed by atoms with E-state index in [4.69, 9.17) is 16.3 Å². The van der Waals surface area contributed by atoms with Crippen molar-refractivity contribution in [3.63, 3.8) is 0 Å². The van der Waals surface area contributed by atoms with E-state index in [0.29, 0.717) is 6.92 Å². The van der Waals surface area contributed by atoms with Gasteiger partial charge in [0.2, 0.25) is 11.7 Å². The minimum absolute atomic E-state index is 0.0668. The summed E-state index contributed by atoms with van der Waals surface area (Å²) in [7, 11) is 0. The first-order valence-electron chi connectivity index (χ1n) is 7.29.